The van der Waals surface area contributed by atoms with Crippen molar-refractivity contribution in [3.8, 4) is 6.07 Å². The lowest BCUT2D eigenvalue weighted by molar-refractivity contribution is -0.136. The third kappa shape index (κ3) is 4.18. The molecule has 0 aliphatic carbocycles. The van der Waals surface area contributed by atoms with Crippen molar-refractivity contribution in [3.05, 3.63) is 28.8 Å². The van der Waals surface area contributed by atoms with Crippen molar-refractivity contribution < 1.29 is 14.3 Å². The van der Waals surface area contributed by atoms with Gasteiger partial charge in [-0.25, -0.2) is 0 Å². The van der Waals surface area contributed by atoms with E-state index < -0.39 is 11.8 Å². The lowest BCUT2D eigenvalue weighted by Gasteiger charge is -2.11. The minimum atomic E-state index is -0.841. The maximum Gasteiger partial charge on any atom is 0.313 e. The molecule has 2 amide bonds. The highest BCUT2D eigenvalue weighted by molar-refractivity contribution is 6.40. The predicted octanol–water partition coefficient (Wildman–Crippen LogP) is 1.45. The van der Waals surface area contributed by atoms with Crippen molar-refractivity contribution in [2.45, 2.75) is 18.9 Å². The molecule has 1 aliphatic heterocycles. The Labute approximate surface area is 127 Å². The quantitative estimate of drug-likeness (QED) is 0.827. The topological polar surface area (TPSA) is 91.2 Å². The van der Waals surface area contributed by atoms with Crippen LogP contribution in [-0.2, 0) is 14.3 Å². The van der Waals surface area contributed by atoms with Gasteiger partial charge in [-0.2, -0.15) is 5.26 Å². The highest BCUT2D eigenvalue weighted by Gasteiger charge is 2.20. The Balaban J connectivity index is 1.92. The van der Waals surface area contributed by atoms with Gasteiger partial charge in [0.1, 0.15) is 6.07 Å². The van der Waals surface area contributed by atoms with Crippen LogP contribution >= 0.6 is 11.6 Å². The Morgan fingerprint density at radius 1 is 1.43 bits per heavy atom. The molecule has 2 rings (SSSR count). The summed E-state index contributed by atoms with van der Waals surface area (Å²) in [6, 6.07) is 6.35. The van der Waals surface area contributed by atoms with Gasteiger partial charge in [0.15, 0.2) is 0 Å². The molecular formula is C14H14ClN3O3. The van der Waals surface area contributed by atoms with Gasteiger partial charge in [-0.05, 0) is 31.0 Å². The first kappa shape index (κ1) is 15.3. The standard InChI is InChI=1S/C14H14ClN3O3/c15-10-4-3-9(7-16)12(6-10)18-14(20)13(19)17-8-11-2-1-5-21-11/h3-4,6,11H,1-2,5,8H2,(H,17,19)(H,18,20)/t11-/m1/s1. The van der Waals surface area contributed by atoms with E-state index >= 15 is 0 Å². The van der Waals surface area contributed by atoms with E-state index in [1.807, 2.05) is 6.07 Å². The van der Waals surface area contributed by atoms with Gasteiger partial charge in [0.25, 0.3) is 0 Å². The molecule has 1 aromatic rings. The molecule has 6 nitrogen and oxygen atoms in total. The Morgan fingerprint density at radius 3 is 2.90 bits per heavy atom. The zero-order valence-corrected chi connectivity index (χ0v) is 11.9. The van der Waals surface area contributed by atoms with Crippen LogP contribution in [0.5, 0.6) is 0 Å². The molecule has 1 saturated heterocycles. The van der Waals surface area contributed by atoms with Crippen LogP contribution in [0.3, 0.4) is 0 Å². The number of nitriles is 1. The van der Waals surface area contributed by atoms with Crippen LogP contribution in [0, 0.1) is 11.3 Å². The number of halogens is 1. The second kappa shape index (κ2) is 7.07. The molecule has 0 saturated carbocycles. The molecular weight excluding hydrogens is 294 g/mol. The highest BCUT2D eigenvalue weighted by atomic mass is 35.5. The lowest BCUT2D eigenvalue weighted by atomic mass is 10.2. The van der Waals surface area contributed by atoms with Crippen LogP contribution < -0.4 is 10.6 Å². The van der Waals surface area contributed by atoms with E-state index in [0.29, 0.717) is 18.2 Å². The first-order valence-electron chi connectivity index (χ1n) is 6.50. The Bertz CT molecular complexity index is 592. The molecule has 1 aromatic carbocycles. The number of benzene rings is 1. The van der Waals surface area contributed by atoms with Crippen LogP contribution in [0.15, 0.2) is 18.2 Å². The first-order valence-corrected chi connectivity index (χ1v) is 6.88. The molecule has 2 N–H and O–H groups in total. The third-order valence-corrected chi connectivity index (χ3v) is 3.31. The average Bonchev–Trinajstić information content (AvgIpc) is 2.98. The van der Waals surface area contributed by atoms with E-state index in [1.54, 1.807) is 0 Å². The molecule has 0 unspecified atom stereocenters. The summed E-state index contributed by atoms with van der Waals surface area (Å²) < 4.78 is 5.35. The SMILES string of the molecule is N#Cc1ccc(Cl)cc1NC(=O)C(=O)NC[C@H]1CCCO1. The number of nitrogens with zero attached hydrogens (tertiary/aromatic N) is 1. The van der Waals surface area contributed by atoms with Crippen molar-refractivity contribution >= 4 is 29.1 Å². The van der Waals surface area contributed by atoms with E-state index in [9.17, 15) is 9.59 Å². The Hall–Kier alpha value is -2.10. The van der Waals surface area contributed by atoms with E-state index in [-0.39, 0.29) is 17.4 Å². The summed E-state index contributed by atoms with van der Waals surface area (Å²) in [6.45, 7) is 0.980. The maximum atomic E-state index is 11.8. The largest absolute Gasteiger partial charge is 0.376 e. The number of rotatable bonds is 3. The lowest BCUT2D eigenvalue weighted by Crippen LogP contribution is -2.39. The van der Waals surface area contributed by atoms with Crippen LogP contribution in [0.4, 0.5) is 5.69 Å². The number of ether oxygens (including phenoxy) is 1. The molecule has 110 valence electrons. The average molecular weight is 308 g/mol. The minimum absolute atomic E-state index is 0.0393. The van der Waals surface area contributed by atoms with Crippen molar-refractivity contribution in [1.82, 2.24) is 5.32 Å². The number of nitrogens with one attached hydrogen (secondary N) is 2. The summed E-state index contributed by atoms with van der Waals surface area (Å²) in [4.78, 5) is 23.5. The monoisotopic (exact) mass is 307 g/mol. The highest BCUT2D eigenvalue weighted by Crippen LogP contribution is 2.20. The van der Waals surface area contributed by atoms with E-state index in [1.165, 1.54) is 18.2 Å². The summed E-state index contributed by atoms with van der Waals surface area (Å²) in [5.74, 6) is -1.61. The van der Waals surface area contributed by atoms with Crippen LogP contribution in [0.2, 0.25) is 5.02 Å². The van der Waals surface area contributed by atoms with Crippen LogP contribution in [0.25, 0.3) is 0 Å². The molecule has 0 radical (unpaired) electrons. The zero-order chi connectivity index (χ0) is 15.2. The Kier molecular flexibility index (Phi) is 5.14. The summed E-state index contributed by atoms with van der Waals surface area (Å²) >= 11 is 5.81. The molecule has 1 aliphatic rings. The molecule has 7 heteroatoms. The van der Waals surface area contributed by atoms with Crippen molar-refractivity contribution in [1.29, 1.82) is 5.26 Å². The maximum absolute atomic E-state index is 11.8. The van der Waals surface area contributed by atoms with Crippen LogP contribution in [0.1, 0.15) is 18.4 Å². The summed E-state index contributed by atoms with van der Waals surface area (Å²) in [6.07, 6.45) is 1.79. The summed E-state index contributed by atoms with van der Waals surface area (Å²) in [5, 5.41) is 14.2. The fourth-order valence-corrected chi connectivity index (χ4v) is 2.16. The third-order valence-electron chi connectivity index (χ3n) is 3.07. The summed E-state index contributed by atoms with van der Waals surface area (Å²) in [5.41, 5.74) is 0.446. The number of carbonyl (C=O) groups excluding carboxylic acids is 2. The van der Waals surface area contributed by atoms with Gasteiger partial charge < -0.3 is 15.4 Å². The van der Waals surface area contributed by atoms with Gasteiger partial charge in [0.05, 0.1) is 17.4 Å². The number of carbonyl (C=O) groups is 2. The predicted molar refractivity (Wildman–Crippen MR) is 76.8 cm³/mol. The van der Waals surface area contributed by atoms with Gasteiger partial charge in [0.2, 0.25) is 0 Å². The van der Waals surface area contributed by atoms with Gasteiger partial charge >= 0.3 is 11.8 Å². The van der Waals surface area contributed by atoms with Crippen molar-refractivity contribution in [2.75, 3.05) is 18.5 Å². The molecule has 0 spiro atoms. The molecule has 21 heavy (non-hydrogen) atoms. The fraction of sp³-hybridized carbons (Fsp3) is 0.357. The zero-order valence-electron chi connectivity index (χ0n) is 11.2. The number of hydrogen-bond donors (Lipinski definition) is 2. The minimum Gasteiger partial charge on any atom is -0.376 e. The fourth-order valence-electron chi connectivity index (χ4n) is 1.99. The summed E-state index contributed by atoms with van der Waals surface area (Å²) in [7, 11) is 0. The van der Waals surface area contributed by atoms with E-state index in [4.69, 9.17) is 21.6 Å². The molecule has 0 aromatic heterocycles. The van der Waals surface area contributed by atoms with Gasteiger partial charge in [-0.3, -0.25) is 9.59 Å². The second-order valence-electron chi connectivity index (χ2n) is 4.60. The normalized spacial score (nSPS) is 17.0. The molecule has 1 atom stereocenters. The Morgan fingerprint density at radius 2 is 2.24 bits per heavy atom. The van der Waals surface area contributed by atoms with Crippen molar-refractivity contribution in [2.24, 2.45) is 0 Å². The molecule has 1 heterocycles. The number of amides is 2. The van der Waals surface area contributed by atoms with E-state index in [0.717, 1.165) is 12.8 Å². The molecule has 1 fully saturated rings. The van der Waals surface area contributed by atoms with Gasteiger partial charge in [-0.1, -0.05) is 11.6 Å². The smallest absolute Gasteiger partial charge is 0.313 e. The van der Waals surface area contributed by atoms with Gasteiger partial charge in [0, 0.05) is 18.2 Å². The second-order valence-corrected chi connectivity index (χ2v) is 5.04. The van der Waals surface area contributed by atoms with Crippen LogP contribution in [-0.4, -0.2) is 31.1 Å². The van der Waals surface area contributed by atoms with Crippen molar-refractivity contribution in [3.63, 3.8) is 0 Å². The van der Waals surface area contributed by atoms with E-state index in [2.05, 4.69) is 10.6 Å². The first-order chi connectivity index (χ1) is 10.1. The number of hydrogen-bond acceptors (Lipinski definition) is 4. The molecule has 0 bridgehead atoms. The number of anilines is 1. The van der Waals surface area contributed by atoms with Gasteiger partial charge in [-0.15, -0.1) is 0 Å².